The molecule has 0 aromatic carbocycles. The second-order valence-corrected chi connectivity index (χ2v) is 5.48. The molecule has 0 saturated carbocycles. The molecule has 8 nitrogen and oxygen atoms in total. The number of aliphatic carboxylic acids is 1. The fourth-order valence-corrected chi connectivity index (χ4v) is 2.05. The highest BCUT2D eigenvalue weighted by atomic mass is 16.5. The number of rotatable bonds is 7. The van der Waals surface area contributed by atoms with Gasteiger partial charge in [-0.15, -0.1) is 0 Å². The molecular formula is C13H23NO7. The lowest BCUT2D eigenvalue weighted by Gasteiger charge is -2.38. The molecule has 1 aliphatic heterocycles. The second kappa shape index (κ2) is 7.71. The van der Waals surface area contributed by atoms with Gasteiger partial charge >= 0.3 is 5.97 Å². The lowest BCUT2D eigenvalue weighted by atomic mass is 9.93. The van der Waals surface area contributed by atoms with Crippen LogP contribution >= 0.6 is 0 Å². The average molecular weight is 305 g/mol. The Labute approximate surface area is 122 Å². The van der Waals surface area contributed by atoms with E-state index >= 15 is 0 Å². The van der Waals surface area contributed by atoms with Gasteiger partial charge in [-0.1, -0.05) is 13.8 Å². The summed E-state index contributed by atoms with van der Waals surface area (Å²) in [5.41, 5.74) is 0. The van der Waals surface area contributed by atoms with E-state index in [4.69, 9.17) is 14.9 Å². The molecule has 21 heavy (non-hydrogen) atoms. The minimum absolute atomic E-state index is 0.252. The number of hydrogen-bond acceptors (Lipinski definition) is 7. The predicted molar refractivity (Wildman–Crippen MR) is 72.3 cm³/mol. The highest BCUT2D eigenvalue weighted by Crippen LogP contribution is 2.23. The van der Waals surface area contributed by atoms with Gasteiger partial charge in [-0.05, 0) is 18.5 Å². The topological polar surface area (TPSA) is 139 Å². The number of carboxylic acid groups (broad SMARTS) is 1. The Morgan fingerprint density at radius 3 is 2.52 bits per heavy atom. The number of nitrogens with one attached hydrogen (secondary N) is 1. The minimum atomic E-state index is -1.54. The molecular weight excluding hydrogens is 282 g/mol. The molecule has 1 heterocycles. The summed E-state index contributed by atoms with van der Waals surface area (Å²) in [4.78, 5) is 11.0. The normalized spacial score (nSPS) is 28.7. The van der Waals surface area contributed by atoms with E-state index < -0.39 is 48.8 Å². The summed E-state index contributed by atoms with van der Waals surface area (Å²) in [5, 5.41) is 50.4. The van der Waals surface area contributed by atoms with E-state index in [1.165, 1.54) is 0 Å². The lowest BCUT2D eigenvalue weighted by Crippen LogP contribution is -2.59. The zero-order valence-corrected chi connectivity index (χ0v) is 12.0. The molecule has 0 bridgehead atoms. The molecule has 0 fully saturated rings. The van der Waals surface area contributed by atoms with Gasteiger partial charge in [-0.25, -0.2) is 4.79 Å². The molecule has 0 radical (unpaired) electrons. The standard InChI is InChI=1S/C13H23NO7/c1-6(2)4-14-10-7(16)3-9(13(19)20)21-12(10)11(18)8(17)5-15/h3,6-8,10-12,14-18H,4-5H2,1-2H3,(H,19,20)/t7-,8+,10+,11+,12+/m0/s1. The van der Waals surface area contributed by atoms with Crippen LogP contribution in [0.4, 0.5) is 0 Å². The van der Waals surface area contributed by atoms with Crippen LogP contribution in [0, 0.1) is 5.92 Å². The third-order valence-corrected chi connectivity index (χ3v) is 3.20. The third kappa shape index (κ3) is 4.65. The van der Waals surface area contributed by atoms with Crippen LogP contribution in [0.25, 0.3) is 0 Å². The van der Waals surface area contributed by atoms with Crippen molar-refractivity contribution < 1.29 is 35.1 Å². The Kier molecular flexibility index (Phi) is 6.56. The summed E-state index contributed by atoms with van der Waals surface area (Å²) in [6.45, 7) is 3.67. The van der Waals surface area contributed by atoms with Crippen molar-refractivity contribution in [3.8, 4) is 0 Å². The summed E-state index contributed by atoms with van der Waals surface area (Å²) in [6.07, 6.45) is -4.41. The summed E-state index contributed by atoms with van der Waals surface area (Å²) >= 11 is 0. The Bertz CT molecular complexity index is 385. The molecule has 0 aliphatic carbocycles. The second-order valence-electron chi connectivity index (χ2n) is 5.48. The molecule has 0 aromatic heterocycles. The van der Waals surface area contributed by atoms with E-state index in [1.807, 2.05) is 13.8 Å². The van der Waals surface area contributed by atoms with Crippen LogP contribution in [-0.4, -0.2) is 75.1 Å². The van der Waals surface area contributed by atoms with Gasteiger partial charge in [-0.3, -0.25) is 0 Å². The number of aliphatic hydroxyl groups is 4. The van der Waals surface area contributed by atoms with Crippen molar-refractivity contribution in [3.05, 3.63) is 11.8 Å². The molecule has 0 aromatic rings. The molecule has 122 valence electrons. The monoisotopic (exact) mass is 305 g/mol. The van der Waals surface area contributed by atoms with Gasteiger partial charge in [0.25, 0.3) is 0 Å². The fourth-order valence-electron chi connectivity index (χ4n) is 2.05. The van der Waals surface area contributed by atoms with E-state index in [-0.39, 0.29) is 5.92 Å². The van der Waals surface area contributed by atoms with Gasteiger partial charge in [0, 0.05) is 0 Å². The number of aliphatic hydroxyl groups excluding tert-OH is 4. The molecule has 0 unspecified atom stereocenters. The van der Waals surface area contributed by atoms with E-state index in [2.05, 4.69) is 5.32 Å². The zero-order chi connectivity index (χ0) is 16.2. The maximum atomic E-state index is 11.0. The van der Waals surface area contributed by atoms with Gasteiger partial charge in [0.2, 0.25) is 5.76 Å². The summed E-state index contributed by atoms with van der Waals surface area (Å²) in [6, 6.07) is -0.799. The first kappa shape index (κ1) is 17.9. The first-order valence-electron chi connectivity index (χ1n) is 6.78. The average Bonchev–Trinajstić information content (AvgIpc) is 2.43. The van der Waals surface area contributed by atoms with Crippen molar-refractivity contribution in [1.82, 2.24) is 5.32 Å². The molecule has 6 N–H and O–H groups in total. The highest BCUT2D eigenvalue weighted by Gasteiger charge is 2.42. The smallest absolute Gasteiger partial charge is 0.370 e. The van der Waals surface area contributed by atoms with Crippen LogP contribution in [0.3, 0.4) is 0 Å². The van der Waals surface area contributed by atoms with E-state index in [1.54, 1.807) is 0 Å². The van der Waals surface area contributed by atoms with Gasteiger partial charge in [-0.2, -0.15) is 0 Å². The van der Waals surface area contributed by atoms with Crippen molar-refractivity contribution in [1.29, 1.82) is 0 Å². The minimum Gasteiger partial charge on any atom is -0.479 e. The molecule has 8 heteroatoms. The SMILES string of the molecule is CC(C)CN[C@H]1[C@H]([C@H](O)[C@H](O)CO)OC(C(=O)O)=C[C@@H]1O. The van der Waals surface area contributed by atoms with Crippen LogP contribution in [-0.2, 0) is 9.53 Å². The van der Waals surface area contributed by atoms with Gasteiger partial charge in [0.15, 0.2) is 0 Å². The molecule has 5 atom stereocenters. The third-order valence-electron chi connectivity index (χ3n) is 3.20. The van der Waals surface area contributed by atoms with Crippen LogP contribution in [0.2, 0.25) is 0 Å². The van der Waals surface area contributed by atoms with Gasteiger partial charge < -0.3 is 35.6 Å². The number of carbonyl (C=O) groups is 1. The number of hydrogen-bond donors (Lipinski definition) is 6. The maximum absolute atomic E-state index is 11.0. The molecule has 0 saturated heterocycles. The fraction of sp³-hybridized carbons (Fsp3) is 0.769. The zero-order valence-electron chi connectivity index (χ0n) is 12.0. The summed E-state index contributed by atoms with van der Waals surface area (Å²) < 4.78 is 5.17. The number of carboxylic acids is 1. The Morgan fingerprint density at radius 1 is 1.43 bits per heavy atom. The molecule has 1 rings (SSSR count). The van der Waals surface area contributed by atoms with Gasteiger partial charge in [0.05, 0.1) is 18.8 Å². The van der Waals surface area contributed by atoms with Gasteiger partial charge in [0.1, 0.15) is 18.3 Å². The highest BCUT2D eigenvalue weighted by molar-refractivity contribution is 5.84. The summed E-state index contributed by atoms with van der Waals surface area (Å²) in [7, 11) is 0. The first-order chi connectivity index (χ1) is 9.77. The Morgan fingerprint density at radius 2 is 2.05 bits per heavy atom. The predicted octanol–water partition coefficient (Wildman–Crippen LogP) is -1.96. The number of ether oxygens (including phenoxy) is 1. The largest absolute Gasteiger partial charge is 0.479 e. The van der Waals surface area contributed by atoms with Crippen molar-refractivity contribution in [2.45, 2.75) is 44.3 Å². The van der Waals surface area contributed by atoms with Crippen LogP contribution in [0.1, 0.15) is 13.8 Å². The van der Waals surface area contributed by atoms with Crippen LogP contribution < -0.4 is 5.32 Å². The van der Waals surface area contributed by atoms with Crippen molar-refractivity contribution in [2.75, 3.05) is 13.2 Å². The van der Waals surface area contributed by atoms with Crippen molar-refractivity contribution >= 4 is 5.97 Å². The van der Waals surface area contributed by atoms with E-state index in [9.17, 15) is 20.1 Å². The molecule has 0 amide bonds. The van der Waals surface area contributed by atoms with Crippen LogP contribution in [0.5, 0.6) is 0 Å². The molecule has 0 spiro atoms. The van der Waals surface area contributed by atoms with E-state index in [0.717, 1.165) is 6.08 Å². The lowest BCUT2D eigenvalue weighted by molar-refractivity contribution is -0.148. The Hall–Kier alpha value is -1.19. The Balaban J connectivity index is 2.95. The summed E-state index contributed by atoms with van der Waals surface area (Å²) in [5.74, 6) is -1.63. The van der Waals surface area contributed by atoms with Crippen LogP contribution in [0.15, 0.2) is 11.8 Å². The first-order valence-corrected chi connectivity index (χ1v) is 6.78. The quantitative estimate of drug-likeness (QED) is 0.319. The van der Waals surface area contributed by atoms with Crippen molar-refractivity contribution in [2.24, 2.45) is 5.92 Å². The molecule has 1 aliphatic rings. The maximum Gasteiger partial charge on any atom is 0.370 e. The van der Waals surface area contributed by atoms with E-state index in [0.29, 0.717) is 6.54 Å². The van der Waals surface area contributed by atoms with Crippen molar-refractivity contribution in [3.63, 3.8) is 0 Å².